The second-order valence-electron chi connectivity index (χ2n) is 4.99. The highest BCUT2D eigenvalue weighted by molar-refractivity contribution is 7.99. The zero-order valence-electron chi connectivity index (χ0n) is 10.1. The van der Waals surface area contributed by atoms with Crippen LogP contribution in [-0.4, -0.2) is 36.5 Å². The largest absolute Gasteiger partial charge is 0.352 e. The molecule has 2 aliphatic rings. The molecule has 0 aliphatic carbocycles. The first-order chi connectivity index (χ1) is 7.77. The van der Waals surface area contributed by atoms with Crippen molar-refractivity contribution in [3.05, 3.63) is 0 Å². The van der Waals surface area contributed by atoms with E-state index in [9.17, 15) is 4.79 Å². The molecule has 0 radical (unpaired) electrons. The van der Waals surface area contributed by atoms with Crippen LogP contribution in [0.5, 0.6) is 0 Å². The normalized spacial score (nSPS) is 34.2. The molecule has 92 valence electrons. The fourth-order valence-corrected chi connectivity index (χ4v) is 3.88. The first-order valence-electron chi connectivity index (χ1n) is 6.36. The van der Waals surface area contributed by atoms with Crippen molar-refractivity contribution in [1.82, 2.24) is 10.6 Å². The van der Waals surface area contributed by atoms with E-state index in [0.717, 1.165) is 44.5 Å². The molecule has 3 nitrogen and oxygen atoms in total. The summed E-state index contributed by atoms with van der Waals surface area (Å²) in [6.45, 7) is 4.03. The van der Waals surface area contributed by atoms with Crippen molar-refractivity contribution in [2.24, 2.45) is 5.41 Å². The van der Waals surface area contributed by atoms with E-state index in [0.29, 0.717) is 11.9 Å². The highest BCUT2D eigenvalue weighted by Gasteiger charge is 2.41. The summed E-state index contributed by atoms with van der Waals surface area (Å²) in [6.07, 6.45) is 4.26. The third-order valence-corrected chi connectivity index (χ3v) is 4.88. The first kappa shape index (κ1) is 12.2. The molecule has 0 spiro atoms. The van der Waals surface area contributed by atoms with E-state index in [-0.39, 0.29) is 5.41 Å². The Bertz CT molecular complexity index is 245. The summed E-state index contributed by atoms with van der Waals surface area (Å²) in [5.41, 5.74) is -0.109. The van der Waals surface area contributed by atoms with Gasteiger partial charge in [-0.1, -0.05) is 13.3 Å². The van der Waals surface area contributed by atoms with Gasteiger partial charge in [-0.15, -0.1) is 0 Å². The Balaban J connectivity index is 1.93. The third-order valence-electron chi connectivity index (χ3n) is 3.72. The van der Waals surface area contributed by atoms with Gasteiger partial charge in [0.15, 0.2) is 0 Å². The van der Waals surface area contributed by atoms with Gasteiger partial charge in [0.2, 0.25) is 5.91 Å². The third kappa shape index (κ3) is 2.54. The van der Waals surface area contributed by atoms with Crippen molar-refractivity contribution in [1.29, 1.82) is 0 Å². The molecule has 0 aromatic rings. The Morgan fingerprint density at radius 2 is 2.50 bits per heavy atom. The molecule has 2 heterocycles. The zero-order valence-corrected chi connectivity index (χ0v) is 10.9. The molecule has 2 aliphatic heterocycles. The van der Waals surface area contributed by atoms with E-state index >= 15 is 0 Å². The molecule has 1 amide bonds. The van der Waals surface area contributed by atoms with Gasteiger partial charge in [-0.3, -0.25) is 4.79 Å². The van der Waals surface area contributed by atoms with Gasteiger partial charge in [-0.05, 0) is 31.6 Å². The quantitative estimate of drug-likeness (QED) is 0.783. The minimum Gasteiger partial charge on any atom is -0.352 e. The summed E-state index contributed by atoms with van der Waals surface area (Å²) in [6, 6.07) is 0.423. The van der Waals surface area contributed by atoms with Crippen LogP contribution in [0.1, 0.15) is 32.6 Å². The second-order valence-corrected chi connectivity index (χ2v) is 6.14. The van der Waals surface area contributed by atoms with Crippen molar-refractivity contribution in [2.75, 3.05) is 24.6 Å². The number of hydrogen-bond donors (Lipinski definition) is 2. The summed E-state index contributed by atoms with van der Waals surface area (Å²) in [4.78, 5) is 12.4. The van der Waals surface area contributed by atoms with Crippen LogP contribution in [-0.2, 0) is 4.79 Å². The van der Waals surface area contributed by atoms with Crippen LogP contribution < -0.4 is 10.6 Å². The number of thioether (sulfide) groups is 1. The van der Waals surface area contributed by atoms with E-state index in [1.165, 1.54) is 5.75 Å². The Kier molecular flexibility index (Phi) is 4.14. The van der Waals surface area contributed by atoms with E-state index in [1.807, 2.05) is 11.8 Å². The van der Waals surface area contributed by atoms with Gasteiger partial charge in [-0.2, -0.15) is 11.8 Å². The molecule has 0 saturated carbocycles. The van der Waals surface area contributed by atoms with Crippen molar-refractivity contribution in [3.63, 3.8) is 0 Å². The molecule has 16 heavy (non-hydrogen) atoms. The maximum atomic E-state index is 12.4. The van der Waals surface area contributed by atoms with Crippen LogP contribution in [0.4, 0.5) is 0 Å². The lowest BCUT2D eigenvalue weighted by Gasteiger charge is -2.28. The molecule has 0 aromatic heterocycles. The lowest BCUT2D eigenvalue weighted by atomic mass is 9.81. The summed E-state index contributed by atoms with van der Waals surface area (Å²) in [5.74, 6) is 2.59. The monoisotopic (exact) mass is 242 g/mol. The molecule has 2 atom stereocenters. The Morgan fingerprint density at radius 1 is 1.62 bits per heavy atom. The maximum absolute atomic E-state index is 12.4. The van der Waals surface area contributed by atoms with Gasteiger partial charge in [-0.25, -0.2) is 0 Å². The number of carbonyl (C=O) groups excluding carboxylic acids is 1. The van der Waals surface area contributed by atoms with Crippen molar-refractivity contribution >= 4 is 17.7 Å². The molecule has 2 unspecified atom stereocenters. The van der Waals surface area contributed by atoms with Crippen molar-refractivity contribution in [2.45, 2.75) is 38.6 Å². The number of hydrogen-bond acceptors (Lipinski definition) is 3. The SMILES string of the molecule is CCCC1(C(=O)NC2CCSC2)CCNC1. The number of rotatable bonds is 4. The molecule has 0 bridgehead atoms. The zero-order chi connectivity index (χ0) is 11.4. The molecular weight excluding hydrogens is 220 g/mol. The predicted octanol–water partition coefficient (Wildman–Crippen LogP) is 1.39. The van der Waals surface area contributed by atoms with Crippen LogP contribution >= 0.6 is 11.8 Å². The lowest BCUT2D eigenvalue weighted by Crippen LogP contribution is -2.46. The van der Waals surface area contributed by atoms with Gasteiger partial charge in [0.05, 0.1) is 5.41 Å². The van der Waals surface area contributed by atoms with E-state index in [2.05, 4.69) is 17.6 Å². The highest BCUT2D eigenvalue weighted by Crippen LogP contribution is 2.32. The summed E-state index contributed by atoms with van der Waals surface area (Å²) < 4.78 is 0. The minimum atomic E-state index is -0.109. The van der Waals surface area contributed by atoms with Crippen LogP contribution in [0.15, 0.2) is 0 Å². The van der Waals surface area contributed by atoms with E-state index in [4.69, 9.17) is 0 Å². The minimum absolute atomic E-state index is 0.109. The average molecular weight is 242 g/mol. The van der Waals surface area contributed by atoms with Crippen LogP contribution in [0.2, 0.25) is 0 Å². The Hall–Kier alpha value is -0.220. The van der Waals surface area contributed by atoms with Gasteiger partial charge >= 0.3 is 0 Å². The molecular formula is C12H22N2OS. The Labute approximate surface area is 102 Å². The van der Waals surface area contributed by atoms with Gasteiger partial charge in [0.1, 0.15) is 0 Å². The average Bonchev–Trinajstić information content (AvgIpc) is 2.89. The van der Waals surface area contributed by atoms with Gasteiger partial charge in [0.25, 0.3) is 0 Å². The molecule has 0 aromatic carbocycles. The number of nitrogens with one attached hydrogen (secondary N) is 2. The summed E-state index contributed by atoms with van der Waals surface area (Å²) in [5, 5.41) is 6.58. The maximum Gasteiger partial charge on any atom is 0.227 e. The molecule has 2 fully saturated rings. The van der Waals surface area contributed by atoms with Crippen molar-refractivity contribution in [3.8, 4) is 0 Å². The molecule has 2 N–H and O–H groups in total. The molecule has 2 saturated heterocycles. The predicted molar refractivity (Wildman–Crippen MR) is 68.7 cm³/mol. The summed E-state index contributed by atoms with van der Waals surface area (Å²) in [7, 11) is 0. The second kappa shape index (κ2) is 5.41. The number of amides is 1. The number of carbonyl (C=O) groups is 1. The standard InChI is InChI=1S/C12H22N2OS/c1-2-4-12(5-6-13-9-12)11(15)14-10-3-7-16-8-10/h10,13H,2-9H2,1H3,(H,14,15). The van der Waals surface area contributed by atoms with Gasteiger partial charge < -0.3 is 10.6 Å². The smallest absolute Gasteiger partial charge is 0.227 e. The lowest BCUT2D eigenvalue weighted by molar-refractivity contribution is -0.131. The van der Waals surface area contributed by atoms with Gasteiger partial charge in [0, 0.05) is 18.3 Å². The Morgan fingerprint density at radius 3 is 3.06 bits per heavy atom. The van der Waals surface area contributed by atoms with Crippen LogP contribution in [0.25, 0.3) is 0 Å². The fraction of sp³-hybridized carbons (Fsp3) is 0.917. The topological polar surface area (TPSA) is 41.1 Å². The van der Waals surface area contributed by atoms with Crippen LogP contribution in [0.3, 0.4) is 0 Å². The molecule has 4 heteroatoms. The molecule has 2 rings (SSSR count). The van der Waals surface area contributed by atoms with E-state index < -0.39 is 0 Å². The highest BCUT2D eigenvalue weighted by atomic mass is 32.2. The first-order valence-corrected chi connectivity index (χ1v) is 7.52. The fourth-order valence-electron chi connectivity index (χ4n) is 2.73. The van der Waals surface area contributed by atoms with Crippen LogP contribution in [0, 0.1) is 5.41 Å². The van der Waals surface area contributed by atoms with E-state index in [1.54, 1.807) is 0 Å². The van der Waals surface area contributed by atoms with Crippen molar-refractivity contribution < 1.29 is 4.79 Å². The summed E-state index contributed by atoms with van der Waals surface area (Å²) >= 11 is 1.95.